The lowest BCUT2D eigenvalue weighted by atomic mass is 9.84. The molecule has 0 radical (unpaired) electrons. The van der Waals surface area contributed by atoms with Crippen LogP contribution < -0.4 is 5.46 Å². The fraction of sp³-hybridized carbons (Fsp3) is 0.500. The number of hydrogen-bond acceptors (Lipinski definition) is 2. The molecule has 1 aliphatic rings. The quantitative estimate of drug-likeness (QED) is 0.532. The molecule has 1 aromatic carbocycles. The van der Waals surface area contributed by atoms with Crippen LogP contribution in [0.15, 0.2) is 18.2 Å². The van der Waals surface area contributed by atoms with Gasteiger partial charge in [0.25, 0.3) is 0 Å². The van der Waals surface area contributed by atoms with Crippen molar-refractivity contribution < 1.29 is 9.47 Å². The molecule has 1 fully saturated rings. The molecule has 1 saturated heterocycles. The van der Waals surface area contributed by atoms with Crippen molar-refractivity contribution in [2.45, 2.75) is 26.1 Å². The molecule has 15 heavy (non-hydrogen) atoms. The first-order chi connectivity index (χ1) is 7.18. The van der Waals surface area contributed by atoms with Crippen molar-refractivity contribution in [2.24, 2.45) is 0 Å². The summed E-state index contributed by atoms with van der Waals surface area (Å²) in [7, 11) is 2.15. The summed E-state index contributed by atoms with van der Waals surface area (Å²) >= 11 is 0. The third-order valence-electron chi connectivity index (χ3n) is 3.02. The van der Waals surface area contributed by atoms with Gasteiger partial charge >= 0.3 is 0 Å². The highest BCUT2D eigenvalue weighted by Crippen LogP contribution is 2.18. The van der Waals surface area contributed by atoms with Crippen molar-refractivity contribution in [1.29, 1.82) is 0 Å². The fourth-order valence-electron chi connectivity index (χ4n) is 1.72. The molecule has 2 nitrogen and oxygen atoms in total. The van der Waals surface area contributed by atoms with Gasteiger partial charge in [0.1, 0.15) is 14.0 Å². The van der Waals surface area contributed by atoms with Gasteiger partial charge in [-0.05, 0) is 19.4 Å². The lowest BCUT2D eigenvalue weighted by molar-refractivity contribution is 0.0545. The van der Waals surface area contributed by atoms with E-state index in [4.69, 9.17) is 9.47 Å². The molecule has 0 aromatic heterocycles. The minimum absolute atomic E-state index is 0.161. The number of rotatable bonds is 4. The highest BCUT2D eigenvalue weighted by Gasteiger charge is 2.23. The first-order valence-electron chi connectivity index (χ1n) is 5.48. The van der Waals surface area contributed by atoms with E-state index >= 15 is 0 Å². The zero-order valence-electron chi connectivity index (χ0n) is 9.62. The van der Waals surface area contributed by atoms with Gasteiger partial charge in [-0.1, -0.05) is 29.2 Å². The van der Waals surface area contributed by atoms with Gasteiger partial charge in [-0.15, -0.1) is 0 Å². The summed E-state index contributed by atoms with van der Waals surface area (Å²) in [5.41, 5.74) is 3.95. The fourth-order valence-corrected chi connectivity index (χ4v) is 1.72. The molecule has 2 rings (SSSR count). The topological polar surface area (TPSA) is 21.8 Å². The van der Waals surface area contributed by atoms with Gasteiger partial charge in [0, 0.05) is 0 Å². The Morgan fingerprint density at radius 2 is 2.33 bits per heavy atom. The molecule has 1 aromatic rings. The summed E-state index contributed by atoms with van der Waals surface area (Å²) in [5, 5.41) is 0. The summed E-state index contributed by atoms with van der Waals surface area (Å²) in [5.74, 6) is 0. The molecule has 0 saturated carbocycles. The Kier molecular flexibility index (Phi) is 3.12. The van der Waals surface area contributed by atoms with Crippen molar-refractivity contribution in [1.82, 2.24) is 0 Å². The summed E-state index contributed by atoms with van der Waals surface area (Å²) in [6, 6.07) is 6.36. The van der Waals surface area contributed by atoms with Gasteiger partial charge in [0.2, 0.25) is 0 Å². The molecule has 0 amide bonds. The van der Waals surface area contributed by atoms with Crippen LogP contribution in [-0.2, 0) is 9.47 Å². The second kappa shape index (κ2) is 4.37. The van der Waals surface area contributed by atoms with E-state index in [0.717, 1.165) is 6.61 Å². The highest BCUT2D eigenvalue weighted by molar-refractivity contribution is 6.34. The summed E-state index contributed by atoms with van der Waals surface area (Å²) in [6.45, 7) is 5.81. The zero-order valence-corrected chi connectivity index (χ0v) is 9.62. The Morgan fingerprint density at radius 1 is 1.60 bits per heavy atom. The molecule has 1 heterocycles. The van der Waals surface area contributed by atoms with Crippen LogP contribution in [-0.4, -0.2) is 27.2 Å². The maximum Gasteiger partial charge on any atom is 0.140 e. The van der Waals surface area contributed by atoms with E-state index in [1.165, 1.54) is 16.6 Å². The van der Waals surface area contributed by atoms with E-state index in [9.17, 15) is 0 Å². The Morgan fingerprint density at radius 3 is 3.00 bits per heavy atom. The molecule has 0 bridgehead atoms. The molecule has 1 aliphatic heterocycles. The Bertz CT molecular complexity index is 347. The monoisotopic (exact) mass is 204 g/mol. The number of aryl methyl sites for hydroxylation is 1. The third-order valence-corrected chi connectivity index (χ3v) is 3.02. The summed E-state index contributed by atoms with van der Waals surface area (Å²) < 4.78 is 10.9. The lowest BCUT2D eigenvalue weighted by Gasteiger charge is -2.16. The van der Waals surface area contributed by atoms with Crippen molar-refractivity contribution in [2.75, 3.05) is 13.2 Å². The van der Waals surface area contributed by atoms with Crippen LogP contribution >= 0.6 is 0 Å². The average molecular weight is 204 g/mol. The maximum absolute atomic E-state index is 5.76. The van der Waals surface area contributed by atoms with E-state index in [-0.39, 0.29) is 6.10 Å². The predicted octanol–water partition coefficient (Wildman–Crippen LogP) is 0.730. The number of benzene rings is 1. The largest absolute Gasteiger partial charge is 0.371 e. The smallest absolute Gasteiger partial charge is 0.140 e. The van der Waals surface area contributed by atoms with Crippen LogP contribution in [0.3, 0.4) is 0 Å². The highest BCUT2D eigenvalue weighted by atomic mass is 16.6. The van der Waals surface area contributed by atoms with Gasteiger partial charge in [-0.2, -0.15) is 0 Å². The Balaban J connectivity index is 2.02. The zero-order chi connectivity index (χ0) is 10.8. The standard InChI is InChI=1S/C12H17BO2/c1-8-4-3-5-11(12(8)13)9(2)14-6-10-7-15-10/h3-5,9-10H,6-7,13H2,1-2H3/t9-,10+/m1/s1. The van der Waals surface area contributed by atoms with Gasteiger partial charge in [-0.3, -0.25) is 0 Å². The van der Waals surface area contributed by atoms with Crippen LogP contribution in [0.5, 0.6) is 0 Å². The first-order valence-corrected chi connectivity index (χ1v) is 5.48. The van der Waals surface area contributed by atoms with Crippen LogP contribution in [0.1, 0.15) is 24.2 Å². The van der Waals surface area contributed by atoms with Gasteiger partial charge in [0.05, 0.1) is 19.3 Å². The van der Waals surface area contributed by atoms with E-state index in [1.807, 2.05) is 0 Å². The molecule has 0 unspecified atom stereocenters. The van der Waals surface area contributed by atoms with Crippen LogP contribution in [0.25, 0.3) is 0 Å². The second-order valence-corrected chi connectivity index (χ2v) is 4.22. The van der Waals surface area contributed by atoms with Crippen molar-refractivity contribution in [3.8, 4) is 0 Å². The Hall–Kier alpha value is -0.795. The molecule has 0 spiro atoms. The average Bonchev–Trinajstić information content (AvgIpc) is 3.02. The SMILES string of the molecule is Bc1c(C)cccc1[C@@H](C)OC[C@H]1CO1. The molecule has 0 aliphatic carbocycles. The van der Waals surface area contributed by atoms with Crippen LogP contribution in [0.4, 0.5) is 0 Å². The van der Waals surface area contributed by atoms with Gasteiger partial charge in [-0.25, -0.2) is 0 Å². The van der Waals surface area contributed by atoms with Crippen LogP contribution in [0.2, 0.25) is 0 Å². The summed E-state index contributed by atoms with van der Waals surface area (Å²) in [4.78, 5) is 0. The number of hydrogen-bond donors (Lipinski definition) is 0. The molecular weight excluding hydrogens is 187 g/mol. The summed E-state index contributed by atoms with van der Waals surface area (Å²) in [6.07, 6.45) is 0.506. The minimum Gasteiger partial charge on any atom is -0.371 e. The number of ether oxygens (including phenoxy) is 2. The van der Waals surface area contributed by atoms with E-state index in [1.54, 1.807) is 0 Å². The van der Waals surface area contributed by atoms with E-state index in [0.29, 0.717) is 12.7 Å². The predicted molar refractivity (Wildman–Crippen MR) is 63.5 cm³/mol. The normalized spacial score (nSPS) is 21.3. The number of epoxide rings is 1. The van der Waals surface area contributed by atoms with E-state index < -0.39 is 0 Å². The molecule has 2 atom stereocenters. The molecule has 80 valence electrons. The minimum atomic E-state index is 0.161. The Labute approximate surface area is 92.0 Å². The maximum atomic E-state index is 5.76. The van der Waals surface area contributed by atoms with Gasteiger partial charge in [0.15, 0.2) is 0 Å². The molecule has 3 heteroatoms. The van der Waals surface area contributed by atoms with Gasteiger partial charge < -0.3 is 9.47 Å². The molecular formula is C12H17BO2. The molecule has 0 N–H and O–H groups in total. The third kappa shape index (κ3) is 2.61. The van der Waals surface area contributed by atoms with Crippen molar-refractivity contribution in [3.63, 3.8) is 0 Å². The van der Waals surface area contributed by atoms with Crippen molar-refractivity contribution >= 4 is 13.3 Å². The van der Waals surface area contributed by atoms with Crippen molar-refractivity contribution in [3.05, 3.63) is 29.3 Å². The second-order valence-electron chi connectivity index (χ2n) is 4.22. The van der Waals surface area contributed by atoms with Crippen LogP contribution in [0, 0.1) is 6.92 Å². The lowest BCUT2D eigenvalue weighted by Crippen LogP contribution is -2.18. The first kappa shape index (κ1) is 10.7. The van der Waals surface area contributed by atoms with E-state index in [2.05, 4.69) is 39.9 Å².